The second-order valence-electron chi connectivity index (χ2n) is 4.49. The van der Waals surface area contributed by atoms with Crippen LogP contribution in [-0.4, -0.2) is 15.4 Å². The smallest absolute Gasteiger partial charge is 0.166 e. The third kappa shape index (κ3) is 1.73. The van der Waals surface area contributed by atoms with Gasteiger partial charge >= 0.3 is 0 Å². The van der Waals surface area contributed by atoms with Crippen LogP contribution >= 0.6 is 0 Å². The van der Waals surface area contributed by atoms with Crippen LogP contribution in [0.4, 0.5) is 0 Å². The molecule has 0 amide bonds. The van der Waals surface area contributed by atoms with Crippen LogP contribution in [0.3, 0.4) is 0 Å². The summed E-state index contributed by atoms with van der Waals surface area (Å²) in [6, 6.07) is 5.80. The van der Waals surface area contributed by atoms with Gasteiger partial charge in [0.2, 0.25) is 0 Å². The van der Waals surface area contributed by atoms with Gasteiger partial charge in [-0.15, -0.1) is 0 Å². The predicted molar refractivity (Wildman–Crippen MR) is 61.5 cm³/mol. The summed E-state index contributed by atoms with van der Waals surface area (Å²) in [5.41, 5.74) is 1.68. The average molecular weight is 214 g/mol. The fraction of sp³-hybridized carbons (Fsp3) is 0.385. The molecule has 0 bridgehead atoms. The van der Waals surface area contributed by atoms with Crippen LogP contribution in [0.15, 0.2) is 30.6 Å². The fourth-order valence-electron chi connectivity index (χ4n) is 2.03. The number of nitrogens with zero attached hydrogens (tertiary/aromatic N) is 2. The molecular formula is C13H14N2O. The van der Waals surface area contributed by atoms with Crippen molar-refractivity contribution in [3.63, 3.8) is 0 Å². The lowest BCUT2D eigenvalue weighted by Crippen LogP contribution is -1.98. The first-order chi connectivity index (χ1) is 7.84. The largest absolute Gasteiger partial charge is 0.294 e. The molecule has 0 aromatic carbocycles. The lowest BCUT2D eigenvalue weighted by Gasteiger charge is -1.98. The summed E-state index contributed by atoms with van der Waals surface area (Å²) in [6.07, 6.45) is 7.88. The van der Waals surface area contributed by atoms with Crippen molar-refractivity contribution in [2.75, 3.05) is 0 Å². The molecule has 0 aliphatic heterocycles. The van der Waals surface area contributed by atoms with E-state index in [0.717, 1.165) is 23.4 Å². The molecule has 2 aromatic heterocycles. The van der Waals surface area contributed by atoms with Crippen LogP contribution < -0.4 is 0 Å². The Morgan fingerprint density at radius 1 is 1.44 bits per heavy atom. The molecule has 3 nitrogen and oxygen atoms in total. The molecule has 0 N–H and O–H groups in total. The van der Waals surface area contributed by atoms with Crippen LogP contribution in [0.25, 0.3) is 5.52 Å². The first kappa shape index (κ1) is 9.58. The van der Waals surface area contributed by atoms with Crippen molar-refractivity contribution >= 4 is 11.3 Å². The van der Waals surface area contributed by atoms with Crippen molar-refractivity contribution in [3.05, 3.63) is 36.2 Å². The quantitative estimate of drug-likeness (QED) is 0.733. The van der Waals surface area contributed by atoms with E-state index in [2.05, 4.69) is 5.10 Å². The van der Waals surface area contributed by atoms with Crippen molar-refractivity contribution in [2.45, 2.75) is 25.7 Å². The Hall–Kier alpha value is -1.64. The number of aromatic nitrogens is 2. The molecule has 0 saturated heterocycles. The van der Waals surface area contributed by atoms with Crippen LogP contribution in [0, 0.1) is 5.92 Å². The lowest BCUT2D eigenvalue weighted by molar-refractivity contribution is 0.0979. The molecule has 1 aliphatic rings. The van der Waals surface area contributed by atoms with Gasteiger partial charge < -0.3 is 0 Å². The highest BCUT2D eigenvalue weighted by Gasteiger charge is 2.22. The zero-order chi connectivity index (χ0) is 11.0. The highest BCUT2D eigenvalue weighted by atomic mass is 16.1. The van der Waals surface area contributed by atoms with Crippen LogP contribution in [0.1, 0.15) is 36.0 Å². The number of carbonyl (C=O) groups excluding carboxylic acids is 1. The molecule has 1 aliphatic carbocycles. The van der Waals surface area contributed by atoms with Gasteiger partial charge in [-0.2, -0.15) is 5.10 Å². The summed E-state index contributed by atoms with van der Waals surface area (Å²) in [4.78, 5) is 12.0. The van der Waals surface area contributed by atoms with Gasteiger partial charge in [-0.25, -0.2) is 4.52 Å². The third-order valence-corrected chi connectivity index (χ3v) is 3.20. The van der Waals surface area contributed by atoms with E-state index < -0.39 is 0 Å². The summed E-state index contributed by atoms with van der Waals surface area (Å²) in [5, 5.41) is 4.18. The summed E-state index contributed by atoms with van der Waals surface area (Å²) in [7, 11) is 0. The topological polar surface area (TPSA) is 34.4 Å². The Morgan fingerprint density at radius 3 is 3.12 bits per heavy atom. The number of carbonyl (C=O) groups is 1. The minimum absolute atomic E-state index is 0.230. The van der Waals surface area contributed by atoms with Crippen molar-refractivity contribution < 1.29 is 4.79 Å². The molecule has 16 heavy (non-hydrogen) atoms. The molecule has 2 heterocycles. The van der Waals surface area contributed by atoms with E-state index in [1.165, 1.54) is 12.8 Å². The maximum absolute atomic E-state index is 12.0. The fourth-order valence-corrected chi connectivity index (χ4v) is 2.03. The zero-order valence-corrected chi connectivity index (χ0v) is 9.10. The Kier molecular flexibility index (Phi) is 2.24. The van der Waals surface area contributed by atoms with E-state index in [0.29, 0.717) is 6.42 Å². The van der Waals surface area contributed by atoms with E-state index >= 15 is 0 Å². The monoisotopic (exact) mass is 214 g/mol. The molecule has 0 unspecified atom stereocenters. The van der Waals surface area contributed by atoms with Gasteiger partial charge in [0.15, 0.2) is 5.78 Å². The summed E-state index contributed by atoms with van der Waals surface area (Å²) >= 11 is 0. The second-order valence-corrected chi connectivity index (χ2v) is 4.49. The van der Waals surface area contributed by atoms with Gasteiger partial charge in [0, 0.05) is 12.6 Å². The molecule has 3 heteroatoms. The van der Waals surface area contributed by atoms with Gasteiger partial charge in [0.25, 0.3) is 0 Å². The first-order valence-corrected chi connectivity index (χ1v) is 5.80. The van der Waals surface area contributed by atoms with Gasteiger partial charge in [-0.1, -0.05) is 18.9 Å². The number of Topliss-reactive ketones (excluding diaryl/α,β-unsaturated/α-hetero) is 1. The number of hydrogen-bond acceptors (Lipinski definition) is 2. The molecule has 2 aromatic rings. The van der Waals surface area contributed by atoms with E-state index in [4.69, 9.17) is 0 Å². The van der Waals surface area contributed by atoms with Gasteiger partial charge in [-0.3, -0.25) is 4.79 Å². The molecule has 82 valence electrons. The van der Waals surface area contributed by atoms with E-state index in [1.807, 2.05) is 24.4 Å². The third-order valence-electron chi connectivity index (χ3n) is 3.20. The van der Waals surface area contributed by atoms with Crippen molar-refractivity contribution in [1.82, 2.24) is 9.61 Å². The summed E-state index contributed by atoms with van der Waals surface area (Å²) in [6.45, 7) is 0. The normalized spacial score (nSPS) is 15.5. The predicted octanol–water partition coefficient (Wildman–Crippen LogP) is 2.71. The van der Waals surface area contributed by atoms with Crippen LogP contribution in [0.5, 0.6) is 0 Å². The highest BCUT2D eigenvalue weighted by Crippen LogP contribution is 2.34. The standard InChI is InChI=1S/C13H14N2O/c16-13(7-6-10-4-5-10)11-9-14-15-8-2-1-3-12(11)15/h1-3,8-10H,4-7H2. The molecule has 0 radical (unpaired) electrons. The van der Waals surface area contributed by atoms with Gasteiger partial charge in [0.1, 0.15) is 0 Å². The molecule has 0 spiro atoms. The van der Waals surface area contributed by atoms with Crippen molar-refractivity contribution in [1.29, 1.82) is 0 Å². The molecule has 1 fully saturated rings. The number of ketones is 1. The Labute approximate surface area is 94.1 Å². The van der Waals surface area contributed by atoms with Crippen LogP contribution in [0.2, 0.25) is 0 Å². The Balaban J connectivity index is 1.83. The summed E-state index contributed by atoms with van der Waals surface area (Å²) < 4.78 is 1.75. The summed E-state index contributed by atoms with van der Waals surface area (Å²) in [5.74, 6) is 1.04. The molecule has 3 rings (SSSR count). The minimum atomic E-state index is 0.230. The van der Waals surface area contributed by atoms with Crippen molar-refractivity contribution in [3.8, 4) is 0 Å². The second kappa shape index (κ2) is 3.74. The first-order valence-electron chi connectivity index (χ1n) is 5.80. The lowest BCUT2D eigenvalue weighted by atomic mass is 10.1. The van der Waals surface area contributed by atoms with Gasteiger partial charge in [0.05, 0.1) is 17.3 Å². The average Bonchev–Trinajstić information content (AvgIpc) is 3.04. The van der Waals surface area contributed by atoms with E-state index in [-0.39, 0.29) is 5.78 Å². The SMILES string of the molecule is O=C(CCC1CC1)c1cnn2ccccc12. The van der Waals surface area contributed by atoms with Crippen LogP contribution in [-0.2, 0) is 0 Å². The van der Waals surface area contributed by atoms with Gasteiger partial charge in [-0.05, 0) is 24.5 Å². The number of hydrogen-bond donors (Lipinski definition) is 0. The zero-order valence-electron chi connectivity index (χ0n) is 9.10. The Morgan fingerprint density at radius 2 is 2.31 bits per heavy atom. The number of pyridine rings is 1. The van der Waals surface area contributed by atoms with E-state index in [1.54, 1.807) is 10.7 Å². The number of rotatable bonds is 4. The highest BCUT2D eigenvalue weighted by molar-refractivity contribution is 6.02. The molecule has 0 atom stereocenters. The Bertz CT molecular complexity index is 525. The maximum atomic E-state index is 12.0. The number of fused-ring (bicyclic) bond motifs is 1. The molecular weight excluding hydrogens is 200 g/mol. The van der Waals surface area contributed by atoms with Crippen molar-refractivity contribution in [2.24, 2.45) is 5.92 Å². The maximum Gasteiger partial charge on any atom is 0.166 e. The van der Waals surface area contributed by atoms with E-state index in [9.17, 15) is 4.79 Å². The molecule has 1 saturated carbocycles. The minimum Gasteiger partial charge on any atom is -0.294 e.